The molecule has 0 fully saturated rings. The Morgan fingerprint density at radius 2 is 1.90 bits per heavy atom. The summed E-state index contributed by atoms with van der Waals surface area (Å²) in [6.45, 7) is 0.0654. The zero-order valence-corrected chi connectivity index (χ0v) is 17.2. The second-order valence-electron chi connectivity index (χ2n) is 6.36. The smallest absolute Gasteiger partial charge is 0.273 e. The molecule has 11 heteroatoms. The Bertz CT molecular complexity index is 1170. The van der Waals surface area contributed by atoms with E-state index in [1.54, 1.807) is 29.0 Å². The maximum atomic E-state index is 14.0. The molecule has 0 saturated carbocycles. The number of benzene rings is 2. The number of rotatable bonds is 7. The van der Waals surface area contributed by atoms with E-state index in [1.807, 2.05) is 0 Å². The molecular formula is C19H16ClF2N3O4S. The van der Waals surface area contributed by atoms with Gasteiger partial charge in [-0.1, -0.05) is 17.7 Å². The summed E-state index contributed by atoms with van der Waals surface area (Å²) >= 11 is 5.92. The van der Waals surface area contributed by atoms with Gasteiger partial charge in [-0.2, -0.15) is 0 Å². The summed E-state index contributed by atoms with van der Waals surface area (Å²) in [6, 6.07) is 8.77. The molecule has 0 unspecified atom stereocenters. The van der Waals surface area contributed by atoms with Crippen molar-refractivity contribution in [3.05, 3.63) is 70.6 Å². The van der Waals surface area contributed by atoms with E-state index in [2.05, 4.69) is 10.3 Å². The highest BCUT2D eigenvalue weighted by Crippen LogP contribution is 2.23. The zero-order chi connectivity index (χ0) is 21.9. The van der Waals surface area contributed by atoms with Crippen molar-refractivity contribution >= 4 is 33.2 Å². The van der Waals surface area contributed by atoms with E-state index >= 15 is 0 Å². The normalized spacial score (nSPS) is 11.3. The van der Waals surface area contributed by atoms with Crippen molar-refractivity contribution in [2.45, 2.75) is 6.42 Å². The van der Waals surface area contributed by atoms with Crippen molar-refractivity contribution in [2.75, 3.05) is 17.5 Å². The lowest BCUT2D eigenvalue weighted by Crippen LogP contribution is -2.26. The molecule has 30 heavy (non-hydrogen) atoms. The number of anilines is 1. The molecular weight excluding hydrogens is 440 g/mol. The van der Waals surface area contributed by atoms with Gasteiger partial charge in [0.15, 0.2) is 17.3 Å². The number of hydrogen-bond acceptors (Lipinski definition) is 5. The van der Waals surface area contributed by atoms with Gasteiger partial charge in [0.05, 0.1) is 6.26 Å². The topological polar surface area (TPSA) is 101 Å². The molecule has 0 aliphatic heterocycles. The zero-order valence-electron chi connectivity index (χ0n) is 15.6. The fraction of sp³-hybridized carbons (Fsp3) is 0.158. The summed E-state index contributed by atoms with van der Waals surface area (Å²) in [6.07, 6.45) is 2.09. The second kappa shape index (κ2) is 8.80. The van der Waals surface area contributed by atoms with Crippen LogP contribution in [0.2, 0.25) is 5.02 Å². The van der Waals surface area contributed by atoms with Crippen molar-refractivity contribution in [1.82, 2.24) is 10.3 Å². The van der Waals surface area contributed by atoms with Gasteiger partial charge in [-0.25, -0.2) is 22.2 Å². The first-order valence-corrected chi connectivity index (χ1v) is 10.8. The van der Waals surface area contributed by atoms with Crippen LogP contribution in [0.5, 0.6) is 0 Å². The van der Waals surface area contributed by atoms with Crippen molar-refractivity contribution in [3.8, 4) is 11.5 Å². The minimum Gasteiger partial charge on any atom is -0.444 e. The van der Waals surface area contributed by atoms with Crippen LogP contribution in [0.15, 0.2) is 47.1 Å². The monoisotopic (exact) mass is 455 g/mol. The molecule has 0 bridgehead atoms. The third-order valence-electron chi connectivity index (χ3n) is 3.90. The number of amides is 1. The molecule has 1 aromatic heterocycles. The fourth-order valence-electron chi connectivity index (χ4n) is 2.60. The summed E-state index contributed by atoms with van der Waals surface area (Å²) in [5.41, 5.74) is 0.135. The molecule has 158 valence electrons. The molecule has 7 nitrogen and oxygen atoms in total. The first-order chi connectivity index (χ1) is 14.1. The first-order valence-electron chi connectivity index (χ1n) is 8.58. The Balaban J connectivity index is 1.61. The second-order valence-corrected chi connectivity index (χ2v) is 8.55. The van der Waals surface area contributed by atoms with E-state index in [0.29, 0.717) is 10.6 Å². The van der Waals surface area contributed by atoms with Crippen LogP contribution in [0.25, 0.3) is 11.5 Å². The Morgan fingerprint density at radius 3 is 2.53 bits per heavy atom. The molecule has 3 rings (SSSR count). The molecule has 0 radical (unpaired) electrons. The molecule has 2 aromatic carbocycles. The molecule has 2 N–H and O–H groups in total. The molecule has 3 aromatic rings. The number of carbonyl (C=O) groups is 1. The van der Waals surface area contributed by atoms with Crippen LogP contribution in [0.3, 0.4) is 0 Å². The lowest BCUT2D eigenvalue weighted by atomic mass is 10.1. The predicted octanol–water partition coefficient (Wildman–Crippen LogP) is 3.62. The number of sulfonamides is 1. The maximum Gasteiger partial charge on any atom is 0.273 e. The first kappa shape index (κ1) is 21.7. The van der Waals surface area contributed by atoms with Gasteiger partial charge in [-0.05, 0) is 42.3 Å². The third kappa shape index (κ3) is 5.55. The predicted molar refractivity (Wildman–Crippen MR) is 108 cm³/mol. The Labute approximate surface area is 176 Å². The molecule has 0 aliphatic carbocycles. The summed E-state index contributed by atoms with van der Waals surface area (Å²) in [4.78, 5) is 16.3. The van der Waals surface area contributed by atoms with Gasteiger partial charge in [0, 0.05) is 17.1 Å². The number of carbonyl (C=O) groups excluding carboxylic acids is 1. The minimum atomic E-state index is -3.82. The van der Waals surface area contributed by atoms with Crippen LogP contribution in [-0.2, 0) is 16.4 Å². The summed E-state index contributed by atoms with van der Waals surface area (Å²) in [5, 5.41) is 3.07. The van der Waals surface area contributed by atoms with Gasteiger partial charge in [-0.15, -0.1) is 0 Å². The molecule has 0 spiro atoms. The Kier molecular flexibility index (Phi) is 6.37. The van der Waals surface area contributed by atoms with Crippen molar-refractivity contribution in [2.24, 2.45) is 0 Å². The van der Waals surface area contributed by atoms with E-state index in [4.69, 9.17) is 16.0 Å². The number of nitrogens with one attached hydrogen (secondary N) is 2. The van der Waals surface area contributed by atoms with Crippen LogP contribution in [-0.4, -0.2) is 32.1 Å². The summed E-state index contributed by atoms with van der Waals surface area (Å²) in [7, 11) is -3.82. The van der Waals surface area contributed by atoms with Gasteiger partial charge < -0.3 is 9.73 Å². The SMILES string of the molecule is CS(=O)(=O)Nc1c(F)cc(CCNC(=O)c2coc(-c3cccc(Cl)c3)n2)cc1F. The lowest BCUT2D eigenvalue weighted by Gasteiger charge is -2.09. The molecule has 0 saturated heterocycles. The molecule has 0 atom stereocenters. The van der Waals surface area contributed by atoms with Crippen molar-refractivity contribution < 1.29 is 26.4 Å². The number of aromatic nitrogens is 1. The fourth-order valence-corrected chi connectivity index (χ4v) is 3.35. The maximum absolute atomic E-state index is 14.0. The van der Waals surface area contributed by atoms with Gasteiger partial charge in [0.2, 0.25) is 15.9 Å². The largest absolute Gasteiger partial charge is 0.444 e. The molecule has 1 amide bonds. The average molecular weight is 456 g/mol. The van der Waals surface area contributed by atoms with E-state index in [0.717, 1.165) is 18.4 Å². The quantitative estimate of drug-likeness (QED) is 0.566. The van der Waals surface area contributed by atoms with Crippen LogP contribution in [0, 0.1) is 11.6 Å². The van der Waals surface area contributed by atoms with Gasteiger partial charge >= 0.3 is 0 Å². The van der Waals surface area contributed by atoms with Crippen LogP contribution >= 0.6 is 11.6 Å². The average Bonchev–Trinajstić information content (AvgIpc) is 3.14. The van der Waals surface area contributed by atoms with E-state index in [9.17, 15) is 22.0 Å². The lowest BCUT2D eigenvalue weighted by molar-refractivity contribution is 0.0949. The highest BCUT2D eigenvalue weighted by Gasteiger charge is 2.16. The van der Waals surface area contributed by atoms with Crippen molar-refractivity contribution in [3.63, 3.8) is 0 Å². The molecule has 0 aliphatic rings. The van der Waals surface area contributed by atoms with Crippen molar-refractivity contribution in [1.29, 1.82) is 0 Å². The van der Waals surface area contributed by atoms with Gasteiger partial charge in [0.1, 0.15) is 12.0 Å². The van der Waals surface area contributed by atoms with Crippen LogP contribution < -0.4 is 10.0 Å². The highest BCUT2D eigenvalue weighted by molar-refractivity contribution is 7.92. The Hall–Kier alpha value is -2.98. The minimum absolute atomic E-state index is 0.0371. The number of nitrogens with zero attached hydrogens (tertiary/aromatic N) is 1. The van der Waals surface area contributed by atoms with E-state index in [-0.39, 0.29) is 30.1 Å². The van der Waals surface area contributed by atoms with E-state index < -0.39 is 33.3 Å². The summed E-state index contributed by atoms with van der Waals surface area (Å²) in [5.74, 6) is -2.40. The molecule has 1 heterocycles. The summed E-state index contributed by atoms with van der Waals surface area (Å²) < 4.78 is 57.4. The van der Waals surface area contributed by atoms with Crippen LogP contribution in [0.1, 0.15) is 16.1 Å². The van der Waals surface area contributed by atoms with Gasteiger partial charge in [0.25, 0.3) is 5.91 Å². The Morgan fingerprint density at radius 1 is 1.20 bits per heavy atom. The number of halogens is 3. The highest BCUT2D eigenvalue weighted by atomic mass is 35.5. The number of hydrogen-bond donors (Lipinski definition) is 2. The van der Waals surface area contributed by atoms with Gasteiger partial charge in [-0.3, -0.25) is 9.52 Å². The van der Waals surface area contributed by atoms with Crippen LogP contribution in [0.4, 0.5) is 14.5 Å². The standard InChI is InChI=1S/C19H16ClF2N3O4S/c1-30(27,28)25-17-14(21)7-11(8-15(17)22)5-6-23-18(26)16-10-29-19(24-16)12-3-2-4-13(20)9-12/h2-4,7-10,25H,5-6H2,1H3,(H,23,26). The number of oxazole rings is 1. The third-order valence-corrected chi connectivity index (χ3v) is 4.71. The van der Waals surface area contributed by atoms with E-state index in [1.165, 1.54) is 6.26 Å².